The van der Waals surface area contributed by atoms with Crippen LogP contribution in [0.3, 0.4) is 0 Å². The van der Waals surface area contributed by atoms with Gasteiger partial charge in [0, 0.05) is 42.2 Å². The fraction of sp³-hybridized carbons (Fsp3) is 0.0185. The molecule has 4 heteroatoms. The van der Waals surface area contributed by atoms with E-state index < -0.39 is 5.41 Å². The first-order valence-corrected chi connectivity index (χ1v) is 20.5. The first kappa shape index (κ1) is 32.9. The number of aromatic nitrogens is 3. The van der Waals surface area contributed by atoms with Gasteiger partial charge in [-0.2, -0.15) is 0 Å². The Morgan fingerprint density at radius 3 is 1.76 bits per heavy atom. The lowest BCUT2D eigenvalue weighted by atomic mass is 9.67. The normalized spacial score (nSPS) is 13.0. The van der Waals surface area contributed by atoms with Crippen molar-refractivity contribution < 1.29 is 0 Å². The molecule has 0 radical (unpaired) electrons. The molecule has 0 spiro atoms. The van der Waals surface area contributed by atoms with Crippen molar-refractivity contribution in [1.82, 2.24) is 15.0 Å². The van der Waals surface area contributed by atoms with Gasteiger partial charge in [0.05, 0.1) is 5.41 Å². The highest BCUT2D eigenvalue weighted by atomic mass is 32.1. The van der Waals surface area contributed by atoms with Crippen LogP contribution < -0.4 is 0 Å². The first-order chi connectivity index (χ1) is 28.8. The van der Waals surface area contributed by atoms with Crippen molar-refractivity contribution in [2.45, 2.75) is 5.41 Å². The molecule has 0 bridgehead atoms. The maximum atomic E-state index is 5.48. The highest BCUT2D eigenvalue weighted by molar-refractivity contribution is 7.25. The molecule has 0 unspecified atom stereocenters. The minimum absolute atomic E-state index is 0.538. The van der Waals surface area contributed by atoms with Crippen molar-refractivity contribution in [2.75, 3.05) is 0 Å². The Balaban J connectivity index is 1.16. The summed E-state index contributed by atoms with van der Waals surface area (Å²) < 4.78 is 2.48. The molecule has 2 heterocycles. The molecule has 0 N–H and O–H groups in total. The molecule has 0 fully saturated rings. The molecular weight excluding hydrogens is 723 g/mol. The van der Waals surface area contributed by atoms with Gasteiger partial charge < -0.3 is 0 Å². The van der Waals surface area contributed by atoms with Crippen molar-refractivity contribution in [2.24, 2.45) is 0 Å². The zero-order chi connectivity index (χ0) is 38.2. The topological polar surface area (TPSA) is 38.7 Å². The Morgan fingerprint density at radius 1 is 0.362 bits per heavy atom. The fourth-order valence-corrected chi connectivity index (χ4v) is 10.7. The van der Waals surface area contributed by atoms with E-state index >= 15 is 0 Å². The van der Waals surface area contributed by atoms with Gasteiger partial charge in [0.15, 0.2) is 17.5 Å². The zero-order valence-corrected chi connectivity index (χ0v) is 32.1. The van der Waals surface area contributed by atoms with Crippen molar-refractivity contribution in [3.8, 4) is 45.3 Å². The molecule has 1 aliphatic rings. The Morgan fingerprint density at radius 2 is 0.931 bits per heavy atom. The van der Waals surface area contributed by atoms with Gasteiger partial charge in [-0.25, -0.2) is 15.0 Å². The molecule has 12 rings (SSSR count). The largest absolute Gasteiger partial charge is 0.208 e. The third kappa shape index (κ3) is 4.82. The van der Waals surface area contributed by atoms with Crippen LogP contribution in [0.5, 0.6) is 0 Å². The van der Waals surface area contributed by atoms with E-state index in [1.165, 1.54) is 58.8 Å². The second-order valence-corrected chi connectivity index (χ2v) is 16.1. The number of fused-ring (bicyclic) bond motifs is 9. The Bertz CT molecular complexity index is 3370. The maximum Gasteiger partial charge on any atom is 0.164 e. The average molecular weight is 756 g/mol. The summed E-state index contributed by atoms with van der Waals surface area (Å²) in [6, 6.07) is 72.1. The third-order valence-corrected chi connectivity index (χ3v) is 13.1. The molecule has 3 nitrogen and oxygen atoms in total. The van der Waals surface area contributed by atoms with Crippen molar-refractivity contribution in [3.05, 3.63) is 222 Å². The lowest BCUT2D eigenvalue weighted by molar-refractivity contribution is 0.768. The first-order valence-electron chi connectivity index (χ1n) is 19.7. The molecule has 0 aliphatic heterocycles. The number of benzene rings is 9. The Kier molecular flexibility index (Phi) is 7.31. The molecule has 0 saturated heterocycles. The molecule has 11 aromatic rings. The highest BCUT2D eigenvalue weighted by Crippen LogP contribution is 2.58. The van der Waals surface area contributed by atoms with Crippen molar-refractivity contribution >= 4 is 53.1 Å². The summed E-state index contributed by atoms with van der Waals surface area (Å²) in [5, 5.41) is 7.16. The van der Waals surface area contributed by atoms with Gasteiger partial charge in [-0.3, -0.25) is 0 Å². The van der Waals surface area contributed by atoms with E-state index in [4.69, 9.17) is 15.0 Å². The summed E-state index contributed by atoms with van der Waals surface area (Å²) in [5.74, 6) is 1.95. The summed E-state index contributed by atoms with van der Waals surface area (Å²) in [7, 11) is 0. The Hall–Kier alpha value is -7.27. The molecule has 58 heavy (non-hydrogen) atoms. The van der Waals surface area contributed by atoms with Crippen LogP contribution in [0.4, 0.5) is 0 Å². The summed E-state index contributed by atoms with van der Waals surface area (Å²) in [6.45, 7) is 0. The molecule has 9 aromatic carbocycles. The van der Waals surface area contributed by atoms with E-state index in [1.807, 2.05) is 11.3 Å². The summed E-state index contributed by atoms with van der Waals surface area (Å²) in [6.07, 6.45) is 0. The van der Waals surface area contributed by atoms with E-state index in [9.17, 15) is 0 Å². The molecule has 2 aromatic heterocycles. The van der Waals surface area contributed by atoms with E-state index in [2.05, 4.69) is 200 Å². The molecule has 1 aliphatic carbocycles. The SMILES string of the molecule is c1ccc(C2(c3ccccc3)c3ccccc3-c3c(-c4nc(-c5ccc6c(c5)sc5ccccc56)nc(-c5cccc6ccc7ccccc7c56)n4)cccc32)cc1. The number of hydrogen-bond acceptors (Lipinski definition) is 4. The van der Waals surface area contributed by atoms with Gasteiger partial charge >= 0.3 is 0 Å². The molecule has 0 atom stereocenters. The minimum atomic E-state index is -0.538. The van der Waals surface area contributed by atoms with Gasteiger partial charge in [-0.1, -0.05) is 188 Å². The van der Waals surface area contributed by atoms with E-state index in [0.29, 0.717) is 17.5 Å². The lowest BCUT2D eigenvalue weighted by Crippen LogP contribution is -2.28. The standard InChI is InChI=1S/C54H33N3S/c1-3-17-37(18-4-1)54(38-19-5-2-6-20-38)45-26-11-9-23-42(45)50-44(25-14-27-46(50)54)53-56-51(36-31-32-41-40-22-10-12-28-47(40)58-48(41)33-36)55-52(57-53)43-24-13-16-35-30-29-34-15-7-8-21-39(34)49(35)43/h1-33H. The van der Waals surface area contributed by atoms with Crippen LogP contribution in [-0.2, 0) is 5.41 Å². The Labute approximate surface area is 339 Å². The number of thiophene rings is 1. The van der Waals surface area contributed by atoms with Gasteiger partial charge in [0.25, 0.3) is 0 Å². The molecule has 0 amide bonds. The van der Waals surface area contributed by atoms with E-state index in [0.717, 1.165) is 33.0 Å². The van der Waals surface area contributed by atoms with Crippen LogP contribution in [0, 0.1) is 0 Å². The van der Waals surface area contributed by atoms with Gasteiger partial charge in [-0.05, 0) is 61.7 Å². The quantitative estimate of drug-likeness (QED) is 0.164. The fourth-order valence-electron chi connectivity index (χ4n) is 9.54. The maximum absolute atomic E-state index is 5.48. The van der Waals surface area contributed by atoms with E-state index in [1.54, 1.807) is 0 Å². The minimum Gasteiger partial charge on any atom is -0.208 e. The average Bonchev–Trinajstić information content (AvgIpc) is 3.83. The number of nitrogens with zero attached hydrogens (tertiary/aromatic N) is 3. The zero-order valence-electron chi connectivity index (χ0n) is 31.3. The smallest absolute Gasteiger partial charge is 0.164 e. The molecule has 270 valence electrons. The van der Waals surface area contributed by atoms with Crippen LogP contribution in [-0.4, -0.2) is 15.0 Å². The predicted molar refractivity (Wildman–Crippen MR) is 241 cm³/mol. The van der Waals surface area contributed by atoms with E-state index in [-0.39, 0.29) is 0 Å². The van der Waals surface area contributed by atoms with Crippen LogP contribution in [0.15, 0.2) is 200 Å². The van der Waals surface area contributed by atoms with Gasteiger partial charge in [-0.15, -0.1) is 11.3 Å². The third-order valence-electron chi connectivity index (χ3n) is 12.0. The van der Waals surface area contributed by atoms with Crippen molar-refractivity contribution in [1.29, 1.82) is 0 Å². The summed E-state index contributed by atoms with van der Waals surface area (Å²) in [4.78, 5) is 16.3. The predicted octanol–water partition coefficient (Wildman–Crippen LogP) is 13.9. The highest BCUT2D eigenvalue weighted by Gasteiger charge is 2.47. The molecule has 0 saturated carbocycles. The van der Waals surface area contributed by atoms with Gasteiger partial charge in [0.2, 0.25) is 0 Å². The lowest BCUT2D eigenvalue weighted by Gasteiger charge is -2.33. The van der Waals surface area contributed by atoms with Crippen LogP contribution in [0.1, 0.15) is 22.3 Å². The monoisotopic (exact) mass is 755 g/mol. The summed E-state index contributed by atoms with van der Waals surface area (Å²) in [5.41, 5.74) is 9.64. The second kappa shape index (κ2) is 12.9. The van der Waals surface area contributed by atoms with Crippen LogP contribution >= 0.6 is 11.3 Å². The van der Waals surface area contributed by atoms with Gasteiger partial charge in [0.1, 0.15) is 0 Å². The van der Waals surface area contributed by atoms with Crippen LogP contribution in [0.25, 0.3) is 87.0 Å². The second-order valence-electron chi connectivity index (χ2n) is 15.1. The number of rotatable bonds is 5. The molecular formula is C54H33N3S. The number of hydrogen-bond donors (Lipinski definition) is 0. The van der Waals surface area contributed by atoms with Crippen molar-refractivity contribution in [3.63, 3.8) is 0 Å². The summed E-state index contributed by atoms with van der Waals surface area (Å²) >= 11 is 1.81. The van der Waals surface area contributed by atoms with Crippen LogP contribution in [0.2, 0.25) is 0 Å².